The number of rotatable bonds is 0. The van der Waals surface area contributed by atoms with Gasteiger partial charge in [0, 0.05) is 40.9 Å². The normalized spacial score (nSPS) is 13.5. The van der Waals surface area contributed by atoms with Crippen LogP contribution < -0.4 is 0 Å². The summed E-state index contributed by atoms with van der Waals surface area (Å²) in [4.78, 5) is 13.9. The first kappa shape index (κ1) is 17.8. The highest BCUT2D eigenvalue weighted by Crippen LogP contribution is 2.47. The molecule has 0 unspecified atom stereocenters. The molecule has 4 nitrogen and oxygen atoms in total. The highest BCUT2D eigenvalue weighted by Gasteiger charge is 2.28. The lowest BCUT2D eigenvalue weighted by Gasteiger charge is -2.09. The van der Waals surface area contributed by atoms with Gasteiger partial charge in [-0.05, 0) is 81.6 Å². The van der Waals surface area contributed by atoms with Gasteiger partial charge in [0.2, 0.25) is 0 Å². The van der Waals surface area contributed by atoms with E-state index in [1.54, 1.807) is 0 Å². The van der Waals surface area contributed by atoms with Crippen molar-refractivity contribution in [3.8, 4) is 22.3 Å². The van der Waals surface area contributed by atoms with Crippen molar-refractivity contribution in [2.75, 3.05) is 0 Å². The predicted octanol–water partition coefficient (Wildman–Crippen LogP) is 6.73. The largest absolute Gasteiger partial charge is 0.292 e. The van der Waals surface area contributed by atoms with Gasteiger partial charge in [0.1, 0.15) is 5.65 Å². The molecule has 7 aromatic rings. The number of imidazole rings is 1. The quantitative estimate of drug-likeness (QED) is 0.243. The summed E-state index contributed by atoms with van der Waals surface area (Å²) in [6.45, 7) is 0. The molecule has 9 rings (SSSR count). The molecule has 3 aromatic carbocycles. The van der Waals surface area contributed by atoms with E-state index in [-0.39, 0.29) is 0 Å². The van der Waals surface area contributed by atoms with E-state index in [1.165, 1.54) is 44.5 Å². The fourth-order valence-electron chi connectivity index (χ4n) is 6.50. The van der Waals surface area contributed by atoms with Crippen LogP contribution in [-0.4, -0.2) is 19.4 Å². The first-order valence-electron chi connectivity index (χ1n) is 12.0. The van der Waals surface area contributed by atoms with Gasteiger partial charge in [-0.1, -0.05) is 36.4 Å². The second-order valence-electron chi connectivity index (χ2n) is 9.71. The smallest absolute Gasteiger partial charge is 0.146 e. The van der Waals surface area contributed by atoms with Gasteiger partial charge < -0.3 is 0 Å². The highest BCUT2D eigenvalue weighted by atomic mass is 15.0. The van der Waals surface area contributed by atoms with E-state index in [0.717, 1.165) is 51.2 Å². The Bertz CT molecular complexity index is 2070. The lowest BCUT2D eigenvalue weighted by molar-refractivity contribution is 1.16. The van der Waals surface area contributed by atoms with E-state index in [1.807, 2.05) is 24.8 Å². The third-order valence-corrected chi connectivity index (χ3v) is 8.03. The van der Waals surface area contributed by atoms with Crippen LogP contribution in [0.3, 0.4) is 0 Å². The van der Waals surface area contributed by atoms with E-state index in [9.17, 15) is 0 Å². The third-order valence-electron chi connectivity index (χ3n) is 8.03. The average molecular weight is 447 g/mol. The molecule has 0 amide bonds. The molecule has 162 valence electrons. The summed E-state index contributed by atoms with van der Waals surface area (Å²) in [5, 5.41) is 3.29. The number of aromatic nitrogens is 4. The number of hydrogen-bond acceptors (Lipinski definition) is 3. The fourth-order valence-corrected chi connectivity index (χ4v) is 6.50. The van der Waals surface area contributed by atoms with Crippen LogP contribution >= 0.6 is 0 Å². The Morgan fingerprint density at radius 3 is 2.29 bits per heavy atom. The van der Waals surface area contributed by atoms with E-state index in [2.05, 4.69) is 75.0 Å². The SMILES string of the molecule is c1ccc2c(c1)Cc1c-2ccc2c1Cc1cc3nc4c5ccncc5c5cnccc5n4c3cc1-2. The van der Waals surface area contributed by atoms with Gasteiger partial charge in [-0.25, -0.2) is 4.98 Å². The first-order valence-corrected chi connectivity index (χ1v) is 12.0. The van der Waals surface area contributed by atoms with Crippen LogP contribution in [0.15, 0.2) is 85.5 Å². The van der Waals surface area contributed by atoms with Gasteiger partial charge in [0.05, 0.1) is 16.6 Å². The molecule has 2 aliphatic rings. The van der Waals surface area contributed by atoms with Gasteiger partial charge in [-0.3, -0.25) is 14.4 Å². The zero-order valence-electron chi connectivity index (χ0n) is 18.8. The molecular formula is C31H18N4. The van der Waals surface area contributed by atoms with Crippen molar-refractivity contribution < 1.29 is 0 Å². The zero-order chi connectivity index (χ0) is 22.7. The number of pyridine rings is 3. The van der Waals surface area contributed by atoms with Gasteiger partial charge >= 0.3 is 0 Å². The zero-order valence-corrected chi connectivity index (χ0v) is 18.8. The van der Waals surface area contributed by atoms with E-state index < -0.39 is 0 Å². The van der Waals surface area contributed by atoms with Crippen molar-refractivity contribution in [3.05, 3.63) is 108 Å². The molecule has 0 spiro atoms. The Hall–Kier alpha value is -4.57. The summed E-state index contributed by atoms with van der Waals surface area (Å²) in [6.07, 6.45) is 9.57. The number of fused-ring (bicyclic) bond motifs is 15. The van der Waals surface area contributed by atoms with Crippen LogP contribution in [0.2, 0.25) is 0 Å². The third kappa shape index (κ3) is 2.15. The van der Waals surface area contributed by atoms with Gasteiger partial charge in [0.25, 0.3) is 0 Å². The topological polar surface area (TPSA) is 43.1 Å². The van der Waals surface area contributed by atoms with Crippen LogP contribution in [0.5, 0.6) is 0 Å². The summed E-state index contributed by atoms with van der Waals surface area (Å²) in [5.74, 6) is 0. The van der Waals surface area contributed by atoms with Crippen LogP contribution in [0.25, 0.3) is 60.6 Å². The van der Waals surface area contributed by atoms with Crippen molar-refractivity contribution in [2.45, 2.75) is 12.8 Å². The minimum Gasteiger partial charge on any atom is -0.292 e. The highest BCUT2D eigenvalue weighted by molar-refractivity contribution is 6.13. The molecule has 0 radical (unpaired) electrons. The Labute approximate surface area is 200 Å². The molecule has 0 saturated carbocycles. The van der Waals surface area contributed by atoms with Gasteiger partial charge in [0.15, 0.2) is 0 Å². The minimum atomic E-state index is 0.973. The summed E-state index contributed by atoms with van der Waals surface area (Å²) in [7, 11) is 0. The van der Waals surface area contributed by atoms with Crippen molar-refractivity contribution in [2.24, 2.45) is 0 Å². The molecular weight excluding hydrogens is 428 g/mol. The Balaban J connectivity index is 1.36. The van der Waals surface area contributed by atoms with Gasteiger partial charge in [-0.2, -0.15) is 0 Å². The summed E-state index contributed by atoms with van der Waals surface area (Å²) in [5.41, 5.74) is 15.6. The standard InChI is InChI=1S/C31H18N4/c1-2-4-19-17(3-1)11-24-20(19)5-6-21-23-14-30-28(13-18(23)12-25(21)24)34-31-22-7-9-32-15-26(22)27-16-33-10-8-29(27)35(30)31/h1-10,13-16H,11-12H2. The molecule has 4 heteroatoms. The minimum absolute atomic E-state index is 0.973. The number of nitrogens with zero attached hydrogens (tertiary/aromatic N) is 4. The van der Waals surface area contributed by atoms with E-state index >= 15 is 0 Å². The predicted molar refractivity (Wildman–Crippen MR) is 140 cm³/mol. The molecule has 0 N–H and O–H groups in total. The van der Waals surface area contributed by atoms with Gasteiger partial charge in [-0.15, -0.1) is 0 Å². The Morgan fingerprint density at radius 2 is 1.37 bits per heavy atom. The maximum Gasteiger partial charge on any atom is 0.146 e. The van der Waals surface area contributed by atoms with Crippen molar-refractivity contribution in [3.63, 3.8) is 0 Å². The first-order chi connectivity index (χ1) is 17.3. The van der Waals surface area contributed by atoms with Crippen LogP contribution in [0, 0.1) is 0 Å². The summed E-state index contributed by atoms with van der Waals surface area (Å²) in [6, 6.07) is 22.3. The van der Waals surface area contributed by atoms with E-state index in [4.69, 9.17) is 4.98 Å². The molecule has 35 heavy (non-hydrogen) atoms. The second kappa shape index (κ2) is 6.10. The Kier molecular flexibility index (Phi) is 3.11. The summed E-state index contributed by atoms with van der Waals surface area (Å²) >= 11 is 0. The molecule has 4 heterocycles. The number of hydrogen-bond donors (Lipinski definition) is 0. The van der Waals surface area contributed by atoms with Crippen molar-refractivity contribution >= 4 is 38.4 Å². The lowest BCUT2D eigenvalue weighted by atomic mass is 9.96. The monoisotopic (exact) mass is 446 g/mol. The van der Waals surface area contributed by atoms with Crippen molar-refractivity contribution in [1.29, 1.82) is 0 Å². The fraction of sp³-hybridized carbons (Fsp3) is 0.0645. The lowest BCUT2D eigenvalue weighted by Crippen LogP contribution is -1.92. The molecule has 0 saturated heterocycles. The average Bonchev–Trinajstić information content (AvgIpc) is 3.58. The molecule has 4 aromatic heterocycles. The maximum atomic E-state index is 5.15. The van der Waals surface area contributed by atoms with Crippen LogP contribution in [0.1, 0.15) is 22.3 Å². The molecule has 2 aliphatic carbocycles. The van der Waals surface area contributed by atoms with Crippen LogP contribution in [0.4, 0.5) is 0 Å². The molecule has 0 aliphatic heterocycles. The molecule has 0 bridgehead atoms. The number of benzene rings is 3. The second-order valence-corrected chi connectivity index (χ2v) is 9.71. The molecule has 0 atom stereocenters. The molecule has 0 fully saturated rings. The Morgan fingerprint density at radius 1 is 0.600 bits per heavy atom. The van der Waals surface area contributed by atoms with E-state index in [0.29, 0.717) is 0 Å². The van der Waals surface area contributed by atoms with Crippen molar-refractivity contribution in [1.82, 2.24) is 19.4 Å². The maximum absolute atomic E-state index is 5.15. The summed E-state index contributed by atoms with van der Waals surface area (Å²) < 4.78 is 2.30. The van der Waals surface area contributed by atoms with Crippen LogP contribution in [-0.2, 0) is 12.8 Å².